The fourth-order valence-corrected chi connectivity index (χ4v) is 4.09. The van der Waals surface area contributed by atoms with Crippen LogP contribution in [0.5, 0.6) is 0 Å². The number of rotatable bonds is 11. The van der Waals surface area contributed by atoms with Gasteiger partial charge in [-0.2, -0.15) is 0 Å². The number of nitrogens with two attached hydrogens (primary N) is 1. The number of fused-ring (bicyclic) bond motifs is 1. The smallest absolute Gasteiger partial charge is 0.238 e. The van der Waals surface area contributed by atoms with E-state index in [2.05, 4.69) is 50.5 Å². The highest BCUT2D eigenvalue weighted by Crippen LogP contribution is 2.23. The minimum absolute atomic E-state index is 0. The van der Waals surface area contributed by atoms with Gasteiger partial charge < -0.3 is 14.8 Å². The van der Waals surface area contributed by atoms with E-state index in [4.69, 9.17) is 5.14 Å². The number of nitrogens with zero attached hydrogens (tertiary/aromatic N) is 5. The Hall–Kier alpha value is -1.98. The van der Waals surface area contributed by atoms with E-state index in [0.29, 0.717) is 12.4 Å². The first kappa shape index (κ1) is 29.1. The van der Waals surface area contributed by atoms with Crippen LogP contribution in [0.2, 0.25) is 0 Å². The fraction of sp³-hybridized carbons (Fsp3) is 0.476. The summed E-state index contributed by atoms with van der Waals surface area (Å²) in [6, 6.07) is 6.73. The Bertz CT molecular complexity index is 1100. The van der Waals surface area contributed by atoms with Crippen LogP contribution in [0.15, 0.2) is 41.8 Å². The molecule has 184 valence electrons. The highest BCUT2D eigenvalue weighted by atomic mass is 35.5. The molecular weight excluding hydrogens is 485 g/mol. The maximum absolute atomic E-state index is 11.4. The second-order valence-corrected chi connectivity index (χ2v) is 9.17. The van der Waals surface area contributed by atoms with Crippen molar-refractivity contribution < 1.29 is 8.42 Å². The lowest BCUT2D eigenvalue weighted by molar-refractivity contribution is 0.288. The van der Waals surface area contributed by atoms with Gasteiger partial charge in [-0.05, 0) is 57.1 Å². The van der Waals surface area contributed by atoms with Crippen molar-refractivity contribution >= 4 is 51.8 Å². The molecule has 2 heterocycles. The van der Waals surface area contributed by atoms with Crippen molar-refractivity contribution in [3.8, 4) is 0 Å². The highest BCUT2D eigenvalue weighted by Gasteiger charge is 2.14. The number of hydrogen-bond acceptors (Lipinski definition) is 7. The van der Waals surface area contributed by atoms with E-state index < -0.39 is 10.0 Å². The maximum Gasteiger partial charge on any atom is 0.238 e. The quantitative estimate of drug-likeness (QED) is 0.398. The highest BCUT2D eigenvalue weighted by molar-refractivity contribution is 7.89. The molecule has 3 rings (SSSR count). The second kappa shape index (κ2) is 13.0. The van der Waals surface area contributed by atoms with Gasteiger partial charge in [0.05, 0.1) is 11.2 Å². The van der Waals surface area contributed by atoms with Crippen LogP contribution in [0.25, 0.3) is 11.2 Å². The maximum atomic E-state index is 11.4. The van der Waals surface area contributed by atoms with Crippen molar-refractivity contribution in [1.82, 2.24) is 24.4 Å². The third-order valence-electron chi connectivity index (χ3n) is 5.54. The molecule has 3 N–H and O–H groups in total. The largest absolute Gasteiger partial charge is 0.364 e. The molecule has 0 saturated carbocycles. The molecule has 0 radical (unpaired) electrons. The van der Waals surface area contributed by atoms with Gasteiger partial charge in [0, 0.05) is 12.6 Å². The molecule has 2 aromatic heterocycles. The molecular formula is C21H33Cl2N7O2S. The van der Waals surface area contributed by atoms with Crippen molar-refractivity contribution in [3.05, 3.63) is 42.5 Å². The first-order valence-electron chi connectivity index (χ1n) is 10.6. The zero-order chi connectivity index (χ0) is 22.4. The topological polar surface area (TPSA) is 119 Å². The number of primary sulfonamides is 1. The van der Waals surface area contributed by atoms with E-state index in [1.165, 1.54) is 18.5 Å². The molecule has 0 aliphatic carbocycles. The molecule has 1 unspecified atom stereocenters. The summed E-state index contributed by atoms with van der Waals surface area (Å²) in [5.74, 6) is 0.648. The zero-order valence-electron chi connectivity index (χ0n) is 19.1. The molecule has 0 amide bonds. The van der Waals surface area contributed by atoms with Crippen LogP contribution in [0, 0.1) is 0 Å². The number of hydrogen-bond donors (Lipinski definition) is 2. The summed E-state index contributed by atoms with van der Waals surface area (Å²) in [5, 5.41) is 8.42. The number of anilines is 1. The summed E-state index contributed by atoms with van der Waals surface area (Å²) < 4.78 is 24.9. The van der Waals surface area contributed by atoms with E-state index in [1.54, 1.807) is 12.1 Å². The Balaban J connectivity index is 0.00000272. The summed E-state index contributed by atoms with van der Waals surface area (Å²) in [4.78, 5) is 15.9. The van der Waals surface area contributed by atoms with E-state index in [9.17, 15) is 8.42 Å². The average molecular weight is 519 g/mol. The predicted octanol–water partition coefficient (Wildman–Crippen LogP) is 3.61. The Morgan fingerprint density at radius 1 is 1.09 bits per heavy atom. The van der Waals surface area contributed by atoms with Gasteiger partial charge in [-0.25, -0.2) is 28.5 Å². The number of imidazole rings is 1. The first-order chi connectivity index (χ1) is 14.8. The molecule has 1 aromatic carbocycles. The van der Waals surface area contributed by atoms with Gasteiger partial charge in [0.1, 0.15) is 11.8 Å². The van der Waals surface area contributed by atoms with Crippen LogP contribution < -0.4 is 10.5 Å². The third kappa shape index (κ3) is 7.51. The lowest BCUT2D eigenvalue weighted by Crippen LogP contribution is -2.24. The number of sulfonamides is 1. The number of halogens is 2. The zero-order valence-corrected chi connectivity index (χ0v) is 21.6. The minimum atomic E-state index is -3.69. The standard InChI is InChI=1S/C21H31N7O2S.2ClH/c1-4-27(5-2)12-6-7-16(3)28-15-26-19-20(24-14-25-21(19)28)23-13-17-8-10-18(11-9-17)31(22,29)30;;/h8-11,14-16H,4-7,12-13H2,1-3H3,(H2,22,29,30)(H,23,24,25);2*1H. The number of aromatic nitrogens is 4. The van der Waals surface area contributed by atoms with Crippen LogP contribution >= 0.6 is 24.8 Å². The molecule has 0 spiro atoms. The summed E-state index contributed by atoms with van der Waals surface area (Å²) >= 11 is 0. The van der Waals surface area contributed by atoms with Crippen molar-refractivity contribution in [1.29, 1.82) is 0 Å². The molecule has 1 atom stereocenters. The van der Waals surface area contributed by atoms with Gasteiger partial charge in [-0.1, -0.05) is 26.0 Å². The van der Waals surface area contributed by atoms with Crippen molar-refractivity contribution in [2.24, 2.45) is 5.14 Å². The molecule has 0 saturated heterocycles. The van der Waals surface area contributed by atoms with Gasteiger partial charge in [0.15, 0.2) is 11.5 Å². The molecule has 0 aliphatic rings. The van der Waals surface area contributed by atoms with Gasteiger partial charge in [0.25, 0.3) is 0 Å². The van der Waals surface area contributed by atoms with Crippen LogP contribution in [0.4, 0.5) is 5.82 Å². The number of nitrogens with one attached hydrogen (secondary N) is 1. The molecule has 0 aliphatic heterocycles. The van der Waals surface area contributed by atoms with Gasteiger partial charge in [-0.3, -0.25) is 0 Å². The Kier molecular flexibility index (Phi) is 11.5. The van der Waals surface area contributed by atoms with Crippen molar-refractivity contribution in [3.63, 3.8) is 0 Å². The summed E-state index contributed by atoms with van der Waals surface area (Å²) in [7, 11) is -3.69. The van der Waals surface area contributed by atoms with Crippen LogP contribution in [-0.4, -0.2) is 52.5 Å². The van der Waals surface area contributed by atoms with Gasteiger partial charge in [0.2, 0.25) is 10.0 Å². The third-order valence-corrected chi connectivity index (χ3v) is 6.47. The van der Waals surface area contributed by atoms with Crippen LogP contribution in [-0.2, 0) is 16.6 Å². The molecule has 33 heavy (non-hydrogen) atoms. The number of benzene rings is 1. The van der Waals surface area contributed by atoms with Gasteiger partial charge in [-0.15, -0.1) is 24.8 Å². The Morgan fingerprint density at radius 2 is 1.76 bits per heavy atom. The Labute approximate surface area is 208 Å². The SMILES string of the molecule is CCN(CC)CCCC(C)n1cnc2c(NCc3ccc(S(N)(=O)=O)cc3)ncnc21.Cl.Cl. The van der Waals surface area contributed by atoms with Gasteiger partial charge >= 0.3 is 0 Å². The predicted molar refractivity (Wildman–Crippen MR) is 137 cm³/mol. The van der Waals surface area contributed by atoms with Crippen LogP contribution in [0.3, 0.4) is 0 Å². The molecule has 3 aromatic rings. The van der Waals surface area contributed by atoms with Crippen molar-refractivity contribution in [2.45, 2.75) is 51.1 Å². The van der Waals surface area contributed by atoms with Crippen LogP contribution in [0.1, 0.15) is 45.2 Å². The molecule has 9 nitrogen and oxygen atoms in total. The summed E-state index contributed by atoms with van der Waals surface area (Å²) in [6.45, 7) is 10.3. The average Bonchev–Trinajstić information content (AvgIpc) is 3.20. The van der Waals surface area contributed by atoms with E-state index in [1.807, 2.05) is 6.33 Å². The summed E-state index contributed by atoms with van der Waals surface area (Å²) in [5.41, 5.74) is 2.43. The monoisotopic (exact) mass is 517 g/mol. The first-order valence-corrected chi connectivity index (χ1v) is 12.1. The lowest BCUT2D eigenvalue weighted by Gasteiger charge is -2.20. The van der Waals surface area contributed by atoms with E-state index in [0.717, 1.165) is 49.2 Å². The second-order valence-electron chi connectivity index (χ2n) is 7.61. The van der Waals surface area contributed by atoms with Crippen molar-refractivity contribution in [2.75, 3.05) is 25.0 Å². The molecule has 0 bridgehead atoms. The van der Waals surface area contributed by atoms with E-state index >= 15 is 0 Å². The molecule has 0 fully saturated rings. The normalized spacial score (nSPS) is 12.3. The minimum Gasteiger partial charge on any atom is -0.364 e. The Morgan fingerprint density at radius 3 is 2.36 bits per heavy atom. The van der Waals surface area contributed by atoms with E-state index in [-0.39, 0.29) is 35.8 Å². The molecule has 12 heteroatoms. The fourth-order valence-electron chi connectivity index (χ4n) is 3.58. The lowest BCUT2D eigenvalue weighted by atomic mass is 10.1. The summed E-state index contributed by atoms with van der Waals surface area (Å²) in [6.07, 6.45) is 5.53.